The Balaban J connectivity index is 2.90. The first-order valence-corrected chi connectivity index (χ1v) is 7.54. The summed E-state index contributed by atoms with van der Waals surface area (Å²) in [6.45, 7) is 9.14. The second-order valence-corrected chi connectivity index (χ2v) is 6.70. The molecule has 0 atom stereocenters. The molecule has 1 rings (SSSR count). The quantitative estimate of drug-likeness (QED) is 0.788. The van der Waals surface area contributed by atoms with Crippen molar-refractivity contribution in [3.63, 3.8) is 0 Å². The standard InChI is InChI=1S/C14H22BrN3O3/c1-9(2)14(3,4)8-16-10-6-17-18(7-11(19)21-5)13(20)12(10)15/h6,9,16H,7-8H2,1-5H3. The summed E-state index contributed by atoms with van der Waals surface area (Å²) < 4.78 is 5.95. The number of anilines is 1. The van der Waals surface area contributed by atoms with Crippen molar-refractivity contribution in [3.05, 3.63) is 21.0 Å². The Morgan fingerprint density at radius 1 is 1.52 bits per heavy atom. The molecule has 0 radical (unpaired) electrons. The van der Waals surface area contributed by atoms with Gasteiger partial charge in [-0.05, 0) is 27.3 Å². The van der Waals surface area contributed by atoms with Crippen LogP contribution in [0.3, 0.4) is 0 Å². The number of hydrogen-bond donors (Lipinski definition) is 1. The molecule has 0 saturated carbocycles. The molecule has 0 spiro atoms. The maximum absolute atomic E-state index is 12.1. The van der Waals surface area contributed by atoms with E-state index in [0.717, 1.165) is 4.68 Å². The van der Waals surface area contributed by atoms with Crippen LogP contribution in [0.1, 0.15) is 27.7 Å². The van der Waals surface area contributed by atoms with E-state index in [4.69, 9.17) is 0 Å². The number of hydrogen-bond acceptors (Lipinski definition) is 5. The largest absolute Gasteiger partial charge is 0.468 e. The van der Waals surface area contributed by atoms with Gasteiger partial charge < -0.3 is 10.1 Å². The molecule has 1 aromatic rings. The van der Waals surface area contributed by atoms with Crippen molar-refractivity contribution in [1.29, 1.82) is 0 Å². The van der Waals surface area contributed by atoms with Gasteiger partial charge in [0.1, 0.15) is 11.0 Å². The highest BCUT2D eigenvalue weighted by atomic mass is 79.9. The van der Waals surface area contributed by atoms with Gasteiger partial charge in [0.05, 0.1) is 19.0 Å². The second-order valence-electron chi connectivity index (χ2n) is 5.91. The Hall–Kier alpha value is -1.37. The predicted molar refractivity (Wildman–Crippen MR) is 85.3 cm³/mol. The minimum absolute atomic E-state index is 0.0836. The van der Waals surface area contributed by atoms with Crippen LogP contribution in [-0.4, -0.2) is 29.4 Å². The minimum atomic E-state index is -0.516. The van der Waals surface area contributed by atoms with E-state index in [1.165, 1.54) is 13.3 Å². The molecule has 1 N–H and O–H groups in total. The summed E-state index contributed by atoms with van der Waals surface area (Å²) in [4.78, 5) is 23.3. The van der Waals surface area contributed by atoms with Crippen molar-refractivity contribution >= 4 is 27.6 Å². The number of methoxy groups -OCH3 is 1. The highest BCUT2D eigenvalue weighted by Gasteiger charge is 2.22. The Morgan fingerprint density at radius 3 is 2.67 bits per heavy atom. The number of halogens is 1. The zero-order valence-corrected chi connectivity index (χ0v) is 14.7. The van der Waals surface area contributed by atoms with Crippen LogP contribution in [0.2, 0.25) is 0 Å². The molecule has 0 unspecified atom stereocenters. The lowest BCUT2D eigenvalue weighted by Crippen LogP contribution is -2.31. The summed E-state index contributed by atoms with van der Waals surface area (Å²) in [5.41, 5.74) is 0.336. The van der Waals surface area contributed by atoms with Gasteiger partial charge in [0.25, 0.3) is 5.56 Å². The average Bonchev–Trinajstić information content (AvgIpc) is 2.42. The molecular weight excluding hydrogens is 338 g/mol. The molecule has 0 fully saturated rings. The Morgan fingerprint density at radius 2 is 2.14 bits per heavy atom. The molecule has 0 aliphatic carbocycles. The topological polar surface area (TPSA) is 73.2 Å². The summed E-state index contributed by atoms with van der Waals surface area (Å²) in [6, 6.07) is 0. The number of nitrogens with one attached hydrogen (secondary N) is 1. The third-order valence-corrected chi connectivity index (χ3v) is 4.56. The Bertz CT molecular complexity index is 567. The highest BCUT2D eigenvalue weighted by Crippen LogP contribution is 2.27. The van der Waals surface area contributed by atoms with Crippen LogP contribution >= 0.6 is 15.9 Å². The van der Waals surface area contributed by atoms with E-state index in [0.29, 0.717) is 22.6 Å². The Labute approximate surface area is 133 Å². The van der Waals surface area contributed by atoms with E-state index < -0.39 is 5.97 Å². The van der Waals surface area contributed by atoms with Crippen molar-refractivity contribution in [2.45, 2.75) is 34.2 Å². The molecule has 1 heterocycles. The molecule has 6 nitrogen and oxygen atoms in total. The average molecular weight is 360 g/mol. The van der Waals surface area contributed by atoms with Crippen LogP contribution in [-0.2, 0) is 16.1 Å². The maximum atomic E-state index is 12.1. The van der Waals surface area contributed by atoms with Gasteiger partial charge in [-0.2, -0.15) is 5.10 Å². The van der Waals surface area contributed by atoms with Gasteiger partial charge in [-0.25, -0.2) is 4.68 Å². The fraction of sp³-hybridized carbons (Fsp3) is 0.643. The number of ether oxygens (including phenoxy) is 1. The third-order valence-electron chi connectivity index (χ3n) is 3.79. The second kappa shape index (κ2) is 7.06. The summed E-state index contributed by atoms with van der Waals surface area (Å²) in [5.74, 6) is -0.0189. The van der Waals surface area contributed by atoms with E-state index in [2.05, 4.69) is 58.8 Å². The fourth-order valence-corrected chi connectivity index (χ4v) is 1.86. The number of rotatable bonds is 6. The van der Waals surface area contributed by atoms with E-state index in [9.17, 15) is 9.59 Å². The van der Waals surface area contributed by atoms with Crippen molar-refractivity contribution in [2.24, 2.45) is 11.3 Å². The number of nitrogens with zero attached hydrogens (tertiary/aromatic N) is 2. The monoisotopic (exact) mass is 359 g/mol. The van der Waals surface area contributed by atoms with E-state index >= 15 is 0 Å². The van der Waals surface area contributed by atoms with Gasteiger partial charge in [0, 0.05) is 6.54 Å². The normalized spacial score (nSPS) is 11.6. The zero-order valence-electron chi connectivity index (χ0n) is 13.1. The maximum Gasteiger partial charge on any atom is 0.327 e. The molecule has 7 heteroatoms. The summed E-state index contributed by atoms with van der Waals surface area (Å²) in [6.07, 6.45) is 1.53. The molecular formula is C14H22BrN3O3. The van der Waals surface area contributed by atoms with Gasteiger partial charge in [-0.3, -0.25) is 9.59 Å². The molecule has 0 amide bonds. The minimum Gasteiger partial charge on any atom is -0.468 e. The summed E-state index contributed by atoms with van der Waals surface area (Å²) >= 11 is 3.26. The first-order valence-electron chi connectivity index (χ1n) is 6.75. The van der Waals surface area contributed by atoms with Crippen molar-refractivity contribution in [3.8, 4) is 0 Å². The first kappa shape index (κ1) is 17.7. The van der Waals surface area contributed by atoms with Gasteiger partial charge in [0.2, 0.25) is 0 Å². The lowest BCUT2D eigenvalue weighted by atomic mass is 9.81. The molecule has 0 aromatic carbocycles. The van der Waals surface area contributed by atoms with Crippen LogP contribution in [0, 0.1) is 11.3 Å². The molecule has 118 valence electrons. The van der Waals surface area contributed by atoms with E-state index in [-0.39, 0.29) is 17.5 Å². The van der Waals surface area contributed by atoms with Gasteiger partial charge in [-0.15, -0.1) is 0 Å². The van der Waals surface area contributed by atoms with E-state index in [1.54, 1.807) is 0 Å². The van der Waals surface area contributed by atoms with Crippen molar-refractivity contribution < 1.29 is 9.53 Å². The Kier molecular flexibility index (Phi) is 5.95. The van der Waals surface area contributed by atoms with Gasteiger partial charge in [0.15, 0.2) is 0 Å². The fourth-order valence-electron chi connectivity index (χ4n) is 1.41. The molecule has 0 aliphatic rings. The van der Waals surface area contributed by atoms with E-state index in [1.807, 2.05) is 0 Å². The summed E-state index contributed by atoms with van der Waals surface area (Å²) in [7, 11) is 1.27. The molecule has 0 saturated heterocycles. The number of carbonyl (C=O) groups is 1. The number of carbonyl (C=O) groups excluding carboxylic acids is 1. The van der Waals surface area contributed by atoms with Crippen LogP contribution in [0.4, 0.5) is 5.69 Å². The van der Waals surface area contributed by atoms with Gasteiger partial charge in [-0.1, -0.05) is 27.7 Å². The van der Waals surface area contributed by atoms with Crippen LogP contribution in [0.25, 0.3) is 0 Å². The van der Waals surface area contributed by atoms with Crippen LogP contribution in [0.5, 0.6) is 0 Å². The predicted octanol–water partition coefficient (Wildman–Crippen LogP) is 2.27. The molecule has 21 heavy (non-hydrogen) atoms. The molecule has 0 aliphatic heterocycles. The highest BCUT2D eigenvalue weighted by molar-refractivity contribution is 9.10. The summed E-state index contributed by atoms with van der Waals surface area (Å²) in [5, 5.41) is 7.21. The lowest BCUT2D eigenvalue weighted by Gasteiger charge is -2.30. The van der Waals surface area contributed by atoms with Gasteiger partial charge >= 0.3 is 5.97 Å². The van der Waals surface area contributed by atoms with Crippen LogP contribution in [0.15, 0.2) is 15.5 Å². The number of esters is 1. The first-order chi connectivity index (χ1) is 9.69. The molecule has 1 aromatic heterocycles. The van der Waals surface area contributed by atoms with Crippen molar-refractivity contribution in [1.82, 2.24) is 9.78 Å². The SMILES string of the molecule is COC(=O)Cn1ncc(NCC(C)(C)C(C)C)c(Br)c1=O. The molecule has 0 bridgehead atoms. The number of aromatic nitrogens is 2. The zero-order chi connectivity index (χ0) is 16.2. The van der Waals surface area contributed by atoms with Crippen molar-refractivity contribution in [2.75, 3.05) is 19.0 Å². The smallest absolute Gasteiger partial charge is 0.327 e. The third kappa shape index (κ3) is 4.56. The van der Waals surface area contributed by atoms with Crippen LogP contribution < -0.4 is 10.9 Å². The lowest BCUT2D eigenvalue weighted by molar-refractivity contribution is -0.141.